The second kappa shape index (κ2) is 4.37. The van der Waals surface area contributed by atoms with Crippen molar-refractivity contribution >= 4 is 17.3 Å². The number of rotatable bonds is 3. The Hall–Kier alpha value is -1.46. The molecular weight excluding hydrogens is 208 g/mol. The summed E-state index contributed by atoms with van der Waals surface area (Å²) in [5.74, 6) is 0. The van der Waals surface area contributed by atoms with Gasteiger partial charge in [-0.1, -0.05) is 12.1 Å². The topological polar surface area (TPSA) is 40.2 Å². The zero-order valence-corrected chi connectivity index (χ0v) is 9.00. The SMILES string of the molecule is C=CCN1C(=S)NN[C@@H]1c1ccccn1. The van der Waals surface area contributed by atoms with Gasteiger partial charge in [0.25, 0.3) is 0 Å². The van der Waals surface area contributed by atoms with Crippen molar-refractivity contribution < 1.29 is 0 Å². The van der Waals surface area contributed by atoms with Gasteiger partial charge in [0.2, 0.25) is 0 Å². The van der Waals surface area contributed by atoms with Crippen molar-refractivity contribution in [1.82, 2.24) is 20.7 Å². The van der Waals surface area contributed by atoms with Crippen molar-refractivity contribution in [3.05, 3.63) is 42.7 Å². The Morgan fingerprint density at radius 3 is 3.13 bits per heavy atom. The van der Waals surface area contributed by atoms with Crippen molar-refractivity contribution in [3.63, 3.8) is 0 Å². The van der Waals surface area contributed by atoms with Gasteiger partial charge in [-0.2, -0.15) is 0 Å². The minimum Gasteiger partial charge on any atom is -0.322 e. The monoisotopic (exact) mass is 220 g/mol. The fourth-order valence-electron chi connectivity index (χ4n) is 1.50. The molecule has 2 heterocycles. The van der Waals surface area contributed by atoms with Gasteiger partial charge in [0.1, 0.15) is 6.17 Å². The average molecular weight is 220 g/mol. The molecule has 2 N–H and O–H groups in total. The smallest absolute Gasteiger partial charge is 0.185 e. The first-order chi connectivity index (χ1) is 7.33. The van der Waals surface area contributed by atoms with E-state index in [0.29, 0.717) is 11.7 Å². The minimum atomic E-state index is -0.0169. The summed E-state index contributed by atoms with van der Waals surface area (Å²) in [6, 6.07) is 5.81. The molecule has 0 aromatic carbocycles. The van der Waals surface area contributed by atoms with Crippen LogP contribution in [0.15, 0.2) is 37.1 Å². The summed E-state index contributed by atoms with van der Waals surface area (Å²) in [5.41, 5.74) is 6.94. The summed E-state index contributed by atoms with van der Waals surface area (Å²) in [6.07, 6.45) is 3.57. The summed E-state index contributed by atoms with van der Waals surface area (Å²) in [5, 5.41) is 0.672. The lowest BCUT2D eigenvalue weighted by Gasteiger charge is -2.21. The molecule has 1 aliphatic heterocycles. The van der Waals surface area contributed by atoms with Crippen molar-refractivity contribution in [2.45, 2.75) is 6.17 Å². The summed E-state index contributed by atoms with van der Waals surface area (Å²) < 4.78 is 0. The van der Waals surface area contributed by atoms with Crippen LogP contribution in [-0.2, 0) is 0 Å². The molecule has 2 rings (SSSR count). The predicted octanol–water partition coefficient (Wildman–Crippen LogP) is 0.961. The van der Waals surface area contributed by atoms with Gasteiger partial charge >= 0.3 is 0 Å². The Morgan fingerprint density at radius 1 is 1.60 bits per heavy atom. The molecule has 0 amide bonds. The van der Waals surface area contributed by atoms with Gasteiger partial charge in [0, 0.05) is 12.7 Å². The molecule has 1 aromatic heterocycles. The predicted molar refractivity (Wildman–Crippen MR) is 62.8 cm³/mol. The molecule has 78 valence electrons. The summed E-state index contributed by atoms with van der Waals surface area (Å²) in [7, 11) is 0. The molecule has 1 aliphatic rings. The number of nitrogens with one attached hydrogen (secondary N) is 2. The highest BCUT2D eigenvalue weighted by Gasteiger charge is 2.28. The molecule has 1 atom stereocenters. The average Bonchev–Trinajstić information content (AvgIpc) is 2.63. The minimum absolute atomic E-state index is 0.0169. The van der Waals surface area contributed by atoms with E-state index in [9.17, 15) is 0 Å². The van der Waals surface area contributed by atoms with Crippen molar-refractivity contribution in [2.75, 3.05) is 6.54 Å². The Kier molecular flexibility index (Phi) is 2.94. The lowest BCUT2D eigenvalue weighted by Crippen LogP contribution is -2.30. The largest absolute Gasteiger partial charge is 0.322 e. The van der Waals surface area contributed by atoms with Crippen LogP contribution in [-0.4, -0.2) is 21.5 Å². The van der Waals surface area contributed by atoms with E-state index in [1.165, 1.54) is 0 Å². The van der Waals surface area contributed by atoms with E-state index >= 15 is 0 Å². The first kappa shape index (κ1) is 10.1. The molecule has 0 bridgehead atoms. The van der Waals surface area contributed by atoms with Crippen LogP contribution in [0.3, 0.4) is 0 Å². The van der Waals surface area contributed by atoms with Crippen LogP contribution in [0, 0.1) is 0 Å². The van der Waals surface area contributed by atoms with Crippen LogP contribution in [0.5, 0.6) is 0 Å². The van der Waals surface area contributed by atoms with Gasteiger partial charge in [0.05, 0.1) is 5.69 Å². The van der Waals surface area contributed by atoms with E-state index in [4.69, 9.17) is 12.2 Å². The zero-order valence-electron chi connectivity index (χ0n) is 8.18. The maximum absolute atomic E-state index is 5.16. The maximum Gasteiger partial charge on any atom is 0.185 e. The second-order valence-electron chi connectivity index (χ2n) is 3.17. The van der Waals surface area contributed by atoms with Gasteiger partial charge in [0.15, 0.2) is 5.11 Å². The lowest BCUT2D eigenvalue weighted by atomic mass is 10.3. The third-order valence-electron chi connectivity index (χ3n) is 2.18. The van der Waals surface area contributed by atoms with E-state index in [0.717, 1.165) is 5.69 Å². The summed E-state index contributed by atoms with van der Waals surface area (Å²) in [4.78, 5) is 6.28. The number of hydrazine groups is 1. The fraction of sp³-hybridized carbons (Fsp3) is 0.200. The zero-order chi connectivity index (χ0) is 10.7. The molecule has 0 radical (unpaired) electrons. The van der Waals surface area contributed by atoms with Gasteiger partial charge in [-0.05, 0) is 24.4 Å². The quantitative estimate of drug-likeness (QED) is 0.586. The van der Waals surface area contributed by atoms with Crippen molar-refractivity contribution in [2.24, 2.45) is 0 Å². The van der Waals surface area contributed by atoms with E-state index in [1.54, 1.807) is 6.20 Å². The molecule has 5 heteroatoms. The highest BCUT2D eigenvalue weighted by Crippen LogP contribution is 2.18. The third kappa shape index (κ3) is 1.98. The van der Waals surface area contributed by atoms with E-state index in [-0.39, 0.29) is 6.17 Å². The van der Waals surface area contributed by atoms with E-state index < -0.39 is 0 Å². The van der Waals surface area contributed by atoms with Crippen LogP contribution in [0.25, 0.3) is 0 Å². The molecular formula is C10H12N4S. The Bertz CT molecular complexity index is 365. The summed E-state index contributed by atoms with van der Waals surface area (Å²) >= 11 is 5.16. The summed E-state index contributed by atoms with van der Waals surface area (Å²) in [6.45, 7) is 4.40. The van der Waals surface area contributed by atoms with Crippen molar-refractivity contribution in [3.8, 4) is 0 Å². The van der Waals surface area contributed by atoms with Gasteiger partial charge in [-0.25, -0.2) is 5.43 Å². The molecule has 4 nitrogen and oxygen atoms in total. The second-order valence-corrected chi connectivity index (χ2v) is 3.56. The molecule has 1 aromatic rings. The first-order valence-electron chi connectivity index (χ1n) is 4.67. The Balaban J connectivity index is 2.22. The number of aromatic nitrogens is 1. The maximum atomic E-state index is 5.16. The number of hydrogen-bond donors (Lipinski definition) is 2. The normalized spacial score (nSPS) is 20.1. The van der Waals surface area contributed by atoms with Gasteiger partial charge in [-0.3, -0.25) is 10.4 Å². The van der Waals surface area contributed by atoms with Crippen molar-refractivity contribution in [1.29, 1.82) is 0 Å². The number of pyridine rings is 1. The Morgan fingerprint density at radius 2 is 2.47 bits per heavy atom. The van der Waals surface area contributed by atoms with Crippen LogP contribution in [0.2, 0.25) is 0 Å². The molecule has 0 aliphatic carbocycles. The van der Waals surface area contributed by atoms with E-state index in [2.05, 4.69) is 22.4 Å². The number of hydrogen-bond acceptors (Lipinski definition) is 3. The highest BCUT2D eigenvalue weighted by atomic mass is 32.1. The molecule has 1 fully saturated rings. The van der Waals surface area contributed by atoms with Crippen LogP contribution >= 0.6 is 12.2 Å². The van der Waals surface area contributed by atoms with E-state index in [1.807, 2.05) is 29.2 Å². The molecule has 1 saturated heterocycles. The van der Waals surface area contributed by atoms with Crippen LogP contribution < -0.4 is 10.9 Å². The fourth-order valence-corrected chi connectivity index (χ4v) is 1.73. The number of nitrogens with zero attached hydrogens (tertiary/aromatic N) is 2. The third-order valence-corrected chi connectivity index (χ3v) is 2.52. The Labute approximate surface area is 94.0 Å². The highest BCUT2D eigenvalue weighted by molar-refractivity contribution is 7.80. The molecule has 0 unspecified atom stereocenters. The molecule has 0 saturated carbocycles. The standard InChI is InChI=1S/C10H12N4S/c1-2-7-14-9(12-13-10(14)15)8-5-3-4-6-11-8/h2-6,9,12H,1,7H2,(H,13,15)/t9-/m0/s1. The van der Waals surface area contributed by atoms with Gasteiger partial charge in [-0.15, -0.1) is 6.58 Å². The van der Waals surface area contributed by atoms with Gasteiger partial charge < -0.3 is 4.90 Å². The van der Waals surface area contributed by atoms with Crippen LogP contribution in [0.4, 0.5) is 0 Å². The first-order valence-corrected chi connectivity index (χ1v) is 5.07. The molecule has 15 heavy (non-hydrogen) atoms. The molecule has 0 spiro atoms. The van der Waals surface area contributed by atoms with Crippen LogP contribution in [0.1, 0.15) is 11.9 Å². The number of thiocarbonyl (C=S) groups is 1. The lowest BCUT2D eigenvalue weighted by molar-refractivity contribution is 0.334.